The van der Waals surface area contributed by atoms with Gasteiger partial charge in [0.25, 0.3) is 0 Å². The van der Waals surface area contributed by atoms with Gasteiger partial charge in [-0.3, -0.25) is 0 Å². The maximum absolute atomic E-state index is 6.26. The lowest BCUT2D eigenvalue weighted by Gasteiger charge is -2.26. The molecule has 1 heterocycles. The third kappa shape index (κ3) is 3.54. The van der Waals surface area contributed by atoms with E-state index in [1.807, 2.05) is 6.07 Å². The van der Waals surface area contributed by atoms with Gasteiger partial charge in [-0.25, -0.2) is 0 Å². The van der Waals surface area contributed by atoms with Gasteiger partial charge in [-0.1, -0.05) is 24.1 Å². The molecule has 2 fully saturated rings. The Kier molecular flexibility index (Phi) is 4.20. The lowest BCUT2D eigenvalue weighted by Crippen LogP contribution is -2.35. The first-order valence-electron chi connectivity index (χ1n) is 8.21. The molecule has 2 atom stereocenters. The number of hydrogen-bond donors (Lipinski definition) is 1. The van der Waals surface area contributed by atoms with Crippen LogP contribution in [0.1, 0.15) is 45.6 Å². The highest BCUT2D eigenvalue weighted by molar-refractivity contribution is 6.30. The van der Waals surface area contributed by atoms with E-state index in [0.717, 1.165) is 23.4 Å². The molecule has 1 aliphatic carbocycles. The molecule has 0 spiro atoms. The van der Waals surface area contributed by atoms with Crippen molar-refractivity contribution >= 4 is 17.3 Å². The minimum atomic E-state index is 0.137. The van der Waals surface area contributed by atoms with E-state index in [1.54, 1.807) is 0 Å². The molecule has 2 nitrogen and oxygen atoms in total. The van der Waals surface area contributed by atoms with Crippen molar-refractivity contribution in [3.63, 3.8) is 0 Å². The van der Waals surface area contributed by atoms with E-state index in [1.165, 1.54) is 43.6 Å². The van der Waals surface area contributed by atoms with Gasteiger partial charge in [-0.2, -0.15) is 0 Å². The summed E-state index contributed by atoms with van der Waals surface area (Å²) >= 11 is 6.26. The molecular formula is C18H27ClN2. The Morgan fingerprint density at radius 2 is 1.86 bits per heavy atom. The molecule has 1 N–H and O–H groups in total. The highest BCUT2D eigenvalue weighted by Gasteiger charge is 2.36. The Hall–Kier alpha value is -0.730. The summed E-state index contributed by atoms with van der Waals surface area (Å²) in [4.78, 5) is 2.57. The van der Waals surface area contributed by atoms with Crippen molar-refractivity contribution in [1.82, 2.24) is 5.32 Å². The summed E-state index contributed by atoms with van der Waals surface area (Å²) in [5.41, 5.74) is 2.85. The Balaban J connectivity index is 1.78. The topological polar surface area (TPSA) is 15.3 Å². The van der Waals surface area contributed by atoms with Gasteiger partial charge in [0.1, 0.15) is 0 Å². The largest absolute Gasteiger partial charge is 0.371 e. The number of fused-ring (bicyclic) bond motifs is 1. The fourth-order valence-electron chi connectivity index (χ4n) is 3.77. The molecule has 1 aliphatic heterocycles. The summed E-state index contributed by atoms with van der Waals surface area (Å²) in [5, 5.41) is 4.45. The van der Waals surface area contributed by atoms with Crippen molar-refractivity contribution in [3.8, 4) is 0 Å². The van der Waals surface area contributed by atoms with Crippen molar-refractivity contribution in [3.05, 3.63) is 28.8 Å². The summed E-state index contributed by atoms with van der Waals surface area (Å²) in [6.45, 7) is 9.97. The SMILES string of the molecule is CC(C)(C)NCc1ccc(Cl)cc1N1CC2CCCC2C1. The molecule has 116 valence electrons. The number of nitrogens with one attached hydrogen (secondary N) is 1. The van der Waals surface area contributed by atoms with E-state index < -0.39 is 0 Å². The Labute approximate surface area is 133 Å². The molecule has 0 bridgehead atoms. The van der Waals surface area contributed by atoms with E-state index >= 15 is 0 Å². The van der Waals surface area contributed by atoms with Crippen molar-refractivity contribution < 1.29 is 0 Å². The normalized spacial score (nSPS) is 25.4. The van der Waals surface area contributed by atoms with Gasteiger partial charge in [0.05, 0.1) is 0 Å². The average Bonchev–Trinajstić information content (AvgIpc) is 2.96. The van der Waals surface area contributed by atoms with Gasteiger partial charge in [-0.05, 0) is 63.1 Å². The van der Waals surface area contributed by atoms with Gasteiger partial charge >= 0.3 is 0 Å². The maximum atomic E-state index is 6.26. The van der Waals surface area contributed by atoms with Crippen LogP contribution < -0.4 is 10.2 Å². The van der Waals surface area contributed by atoms with Crippen LogP contribution >= 0.6 is 11.6 Å². The van der Waals surface area contributed by atoms with Crippen LogP contribution in [0.3, 0.4) is 0 Å². The molecule has 21 heavy (non-hydrogen) atoms. The smallest absolute Gasteiger partial charge is 0.0426 e. The van der Waals surface area contributed by atoms with Crippen LogP contribution in [-0.2, 0) is 6.54 Å². The maximum Gasteiger partial charge on any atom is 0.0426 e. The minimum Gasteiger partial charge on any atom is -0.371 e. The fourth-order valence-corrected chi connectivity index (χ4v) is 3.94. The average molecular weight is 307 g/mol. The Bertz CT molecular complexity index is 494. The van der Waals surface area contributed by atoms with Crippen molar-refractivity contribution in [2.45, 2.75) is 52.1 Å². The molecule has 1 aromatic rings. The third-order valence-electron chi connectivity index (χ3n) is 4.92. The molecule has 2 unspecified atom stereocenters. The fraction of sp³-hybridized carbons (Fsp3) is 0.667. The standard InChI is InChI=1S/C18H27ClN2/c1-18(2,3)20-10-13-7-8-16(19)9-17(13)21-11-14-5-4-6-15(14)12-21/h7-9,14-15,20H,4-6,10-12H2,1-3H3. The van der Waals surface area contributed by atoms with Crippen molar-refractivity contribution in [1.29, 1.82) is 0 Å². The van der Waals surface area contributed by atoms with Gasteiger partial charge in [0.2, 0.25) is 0 Å². The van der Waals surface area contributed by atoms with E-state index in [2.05, 4.69) is 43.1 Å². The first-order chi connectivity index (χ1) is 9.92. The Morgan fingerprint density at radius 3 is 2.48 bits per heavy atom. The van der Waals surface area contributed by atoms with Crippen LogP contribution in [0.15, 0.2) is 18.2 Å². The summed E-state index contributed by atoms with van der Waals surface area (Å²) in [5.74, 6) is 1.82. The second-order valence-corrected chi connectivity index (χ2v) is 8.17. The lowest BCUT2D eigenvalue weighted by molar-refractivity contribution is 0.424. The lowest BCUT2D eigenvalue weighted by atomic mass is 10.0. The summed E-state index contributed by atoms with van der Waals surface area (Å²) < 4.78 is 0. The van der Waals surface area contributed by atoms with Crippen LogP contribution in [0.25, 0.3) is 0 Å². The first-order valence-corrected chi connectivity index (χ1v) is 8.58. The quantitative estimate of drug-likeness (QED) is 0.886. The monoisotopic (exact) mass is 306 g/mol. The molecule has 2 aliphatic rings. The van der Waals surface area contributed by atoms with E-state index in [0.29, 0.717) is 0 Å². The van der Waals surface area contributed by atoms with Crippen LogP contribution in [0.2, 0.25) is 5.02 Å². The Morgan fingerprint density at radius 1 is 1.19 bits per heavy atom. The predicted molar refractivity (Wildman–Crippen MR) is 91.1 cm³/mol. The molecule has 0 radical (unpaired) electrons. The molecule has 0 aromatic heterocycles. The predicted octanol–water partition coefficient (Wildman–Crippen LogP) is 4.46. The van der Waals surface area contributed by atoms with E-state index in [4.69, 9.17) is 11.6 Å². The zero-order chi connectivity index (χ0) is 15.0. The van der Waals surface area contributed by atoms with Crippen LogP contribution in [0, 0.1) is 11.8 Å². The molecule has 1 aromatic carbocycles. The number of anilines is 1. The molecule has 0 amide bonds. The number of hydrogen-bond acceptors (Lipinski definition) is 2. The number of nitrogens with zero attached hydrogens (tertiary/aromatic N) is 1. The minimum absolute atomic E-state index is 0.137. The zero-order valence-corrected chi connectivity index (χ0v) is 14.2. The second-order valence-electron chi connectivity index (χ2n) is 7.73. The van der Waals surface area contributed by atoms with Gasteiger partial charge < -0.3 is 10.2 Å². The number of rotatable bonds is 3. The molecule has 3 rings (SSSR count). The molecule has 1 saturated heterocycles. The molecular weight excluding hydrogens is 280 g/mol. The summed E-state index contributed by atoms with van der Waals surface area (Å²) in [6.07, 6.45) is 4.26. The summed E-state index contributed by atoms with van der Waals surface area (Å²) in [6, 6.07) is 6.36. The van der Waals surface area contributed by atoms with Crippen LogP contribution in [0.5, 0.6) is 0 Å². The third-order valence-corrected chi connectivity index (χ3v) is 5.16. The van der Waals surface area contributed by atoms with Crippen molar-refractivity contribution in [2.75, 3.05) is 18.0 Å². The highest BCUT2D eigenvalue weighted by atomic mass is 35.5. The van der Waals surface area contributed by atoms with Crippen molar-refractivity contribution in [2.24, 2.45) is 11.8 Å². The van der Waals surface area contributed by atoms with Crippen LogP contribution in [0.4, 0.5) is 5.69 Å². The van der Waals surface area contributed by atoms with Crippen LogP contribution in [-0.4, -0.2) is 18.6 Å². The zero-order valence-electron chi connectivity index (χ0n) is 13.5. The van der Waals surface area contributed by atoms with E-state index in [9.17, 15) is 0 Å². The van der Waals surface area contributed by atoms with Gasteiger partial charge in [-0.15, -0.1) is 0 Å². The van der Waals surface area contributed by atoms with E-state index in [-0.39, 0.29) is 5.54 Å². The summed E-state index contributed by atoms with van der Waals surface area (Å²) in [7, 11) is 0. The highest BCUT2D eigenvalue weighted by Crippen LogP contribution is 2.40. The number of halogens is 1. The van der Waals surface area contributed by atoms with Gasteiger partial charge in [0.15, 0.2) is 0 Å². The van der Waals surface area contributed by atoms with Gasteiger partial charge in [0, 0.05) is 35.9 Å². The number of benzene rings is 1. The second kappa shape index (κ2) is 5.81. The molecule has 1 saturated carbocycles. The molecule has 3 heteroatoms. The first kappa shape index (κ1) is 15.2.